The second kappa shape index (κ2) is 12.6. The van der Waals surface area contributed by atoms with Gasteiger partial charge < -0.3 is 9.47 Å². The van der Waals surface area contributed by atoms with Gasteiger partial charge >= 0.3 is 5.97 Å². The lowest BCUT2D eigenvalue weighted by atomic mass is 9.72. The van der Waals surface area contributed by atoms with Gasteiger partial charge in [0, 0.05) is 5.56 Å². The Morgan fingerprint density at radius 1 is 0.861 bits per heavy atom. The van der Waals surface area contributed by atoms with Gasteiger partial charge in [0.1, 0.15) is 5.75 Å². The van der Waals surface area contributed by atoms with Crippen LogP contribution in [0.4, 0.5) is 0 Å². The monoisotopic (exact) mass is 490 g/mol. The molecule has 1 unspecified atom stereocenters. The molecule has 0 bridgehead atoms. The predicted octanol–water partition coefficient (Wildman–Crippen LogP) is 8.75. The summed E-state index contributed by atoms with van der Waals surface area (Å²) in [6, 6.07) is 17.0. The van der Waals surface area contributed by atoms with Crippen molar-refractivity contribution < 1.29 is 14.3 Å². The summed E-state index contributed by atoms with van der Waals surface area (Å²) in [6.45, 7) is 14.1. The van der Waals surface area contributed by atoms with Gasteiger partial charge in [-0.1, -0.05) is 70.2 Å². The molecule has 2 aromatic rings. The molecule has 0 N–H and O–H groups in total. The Balaban J connectivity index is 1.38. The first-order chi connectivity index (χ1) is 17.1. The third-order valence-corrected chi connectivity index (χ3v) is 7.49. The van der Waals surface area contributed by atoms with E-state index in [1.165, 1.54) is 22.3 Å². The molecule has 0 spiro atoms. The van der Waals surface area contributed by atoms with Crippen LogP contribution in [-0.4, -0.2) is 19.2 Å². The van der Waals surface area contributed by atoms with Crippen LogP contribution in [-0.2, 0) is 16.0 Å². The Bertz CT molecular complexity index is 1010. The number of esters is 1. The lowest BCUT2D eigenvalue weighted by molar-refractivity contribution is -0.157. The zero-order valence-corrected chi connectivity index (χ0v) is 23.4. The van der Waals surface area contributed by atoms with Crippen LogP contribution in [0, 0.1) is 16.7 Å². The van der Waals surface area contributed by atoms with Crippen molar-refractivity contribution in [1.82, 2.24) is 0 Å². The summed E-state index contributed by atoms with van der Waals surface area (Å²) in [6.07, 6.45) is 9.45. The number of hydrogen-bond acceptors (Lipinski definition) is 3. The Morgan fingerprint density at radius 3 is 2.25 bits per heavy atom. The highest BCUT2D eigenvalue weighted by atomic mass is 16.5. The number of allylic oxidation sites excluding steroid dienone is 1. The number of aryl methyl sites for hydroxylation is 1. The highest BCUT2D eigenvalue weighted by molar-refractivity contribution is 5.86. The minimum atomic E-state index is -0.454. The van der Waals surface area contributed by atoms with Crippen molar-refractivity contribution in [2.75, 3.05) is 13.2 Å². The van der Waals surface area contributed by atoms with Crippen molar-refractivity contribution in [3.63, 3.8) is 0 Å². The molecule has 0 aliphatic heterocycles. The maximum absolute atomic E-state index is 12.7. The second-order valence-corrected chi connectivity index (χ2v) is 12.2. The predicted molar refractivity (Wildman–Crippen MR) is 151 cm³/mol. The first kappa shape index (κ1) is 28.0. The molecule has 0 aromatic heterocycles. The molecule has 0 saturated heterocycles. The lowest BCUT2D eigenvalue weighted by Gasteiger charge is -2.34. The van der Waals surface area contributed by atoms with E-state index in [9.17, 15) is 4.79 Å². The molecule has 1 aliphatic carbocycles. The number of carbonyl (C=O) groups excluding carboxylic acids is 1. The number of hydrogen-bond donors (Lipinski definition) is 0. The average molecular weight is 491 g/mol. The number of rotatable bonds is 12. The van der Waals surface area contributed by atoms with Crippen molar-refractivity contribution >= 4 is 17.6 Å². The van der Waals surface area contributed by atoms with E-state index >= 15 is 0 Å². The van der Waals surface area contributed by atoms with Gasteiger partial charge in [-0.15, -0.1) is 0 Å². The van der Waals surface area contributed by atoms with Gasteiger partial charge in [-0.25, -0.2) is 0 Å². The van der Waals surface area contributed by atoms with Crippen LogP contribution >= 0.6 is 0 Å². The van der Waals surface area contributed by atoms with E-state index in [4.69, 9.17) is 9.47 Å². The lowest BCUT2D eigenvalue weighted by Crippen LogP contribution is -2.35. The van der Waals surface area contributed by atoms with E-state index in [-0.39, 0.29) is 17.3 Å². The molecule has 2 aromatic carbocycles. The van der Waals surface area contributed by atoms with E-state index in [1.54, 1.807) is 0 Å². The minimum Gasteiger partial charge on any atom is -0.493 e. The maximum Gasteiger partial charge on any atom is 0.311 e. The molecule has 0 amide bonds. The molecular weight excluding hydrogens is 444 g/mol. The number of ether oxygens (including phenoxy) is 2. The van der Waals surface area contributed by atoms with Crippen LogP contribution in [0.5, 0.6) is 5.75 Å². The molecule has 0 radical (unpaired) electrons. The van der Waals surface area contributed by atoms with E-state index in [1.807, 2.05) is 13.8 Å². The van der Waals surface area contributed by atoms with Gasteiger partial charge in [-0.3, -0.25) is 4.79 Å². The van der Waals surface area contributed by atoms with Crippen molar-refractivity contribution in [2.45, 2.75) is 86.5 Å². The van der Waals surface area contributed by atoms with Crippen molar-refractivity contribution in [3.8, 4) is 5.75 Å². The van der Waals surface area contributed by atoms with Crippen LogP contribution in [0.3, 0.4) is 0 Å². The fraction of sp³-hybridized carbons (Fsp3) is 0.545. The Kier molecular flexibility index (Phi) is 9.82. The summed E-state index contributed by atoms with van der Waals surface area (Å²) < 4.78 is 11.9. The smallest absolute Gasteiger partial charge is 0.311 e. The third kappa shape index (κ3) is 7.98. The summed E-state index contributed by atoms with van der Waals surface area (Å²) in [5, 5.41) is 0. The molecule has 196 valence electrons. The minimum absolute atomic E-state index is 0.0700. The fourth-order valence-corrected chi connectivity index (χ4v) is 4.96. The molecule has 3 heteroatoms. The number of unbranched alkanes of at least 4 members (excludes halogenated alkanes) is 3. The topological polar surface area (TPSA) is 35.5 Å². The van der Waals surface area contributed by atoms with Gasteiger partial charge in [0.15, 0.2) is 0 Å². The molecule has 36 heavy (non-hydrogen) atoms. The maximum atomic E-state index is 12.7. The van der Waals surface area contributed by atoms with Crippen LogP contribution in [0.1, 0.15) is 96.8 Å². The van der Waals surface area contributed by atoms with E-state index in [0.29, 0.717) is 13.2 Å². The Morgan fingerprint density at radius 2 is 1.56 bits per heavy atom. The Labute approximate surface area is 219 Å². The summed E-state index contributed by atoms with van der Waals surface area (Å²) in [7, 11) is 0. The normalized spacial score (nSPS) is 14.6. The molecular formula is C33H46O3. The molecule has 3 rings (SSSR count). The summed E-state index contributed by atoms with van der Waals surface area (Å²) in [5.41, 5.74) is 5.03. The number of benzene rings is 2. The molecule has 1 aliphatic rings. The van der Waals surface area contributed by atoms with E-state index in [0.717, 1.165) is 50.7 Å². The van der Waals surface area contributed by atoms with Crippen LogP contribution in [0.2, 0.25) is 0 Å². The van der Waals surface area contributed by atoms with Crippen LogP contribution < -0.4 is 4.74 Å². The first-order valence-electron chi connectivity index (χ1n) is 13.8. The van der Waals surface area contributed by atoms with E-state index in [2.05, 4.69) is 82.3 Å². The van der Waals surface area contributed by atoms with E-state index < -0.39 is 5.41 Å². The molecule has 0 heterocycles. The molecule has 3 nitrogen and oxygen atoms in total. The van der Waals surface area contributed by atoms with Gasteiger partial charge in [-0.05, 0) is 99.0 Å². The first-order valence-corrected chi connectivity index (χ1v) is 13.8. The van der Waals surface area contributed by atoms with Crippen LogP contribution in [0.25, 0.3) is 11.6 Å². The van der Waals surface area contributed by atoms with Gasteiger partial charge in [0.2, 0.25) is 0 Å². The number of fused-ring (bicyclic) bond motifs is 1. The van der Waals surface area contributed by atoms with Crippen molar-refractivity contribution in [1.29, 1.82) is 0 Å². The molecule has 0 fully saturated rings. The van der Waals surface area contributed by atoms with Crippen LogP contribution in [0.15, 0.2) is 48.5 Å². The van der Waals surface area contributed by atoms with Crippen molar-refractivity contribution in [3.05, 3.63) is 65.2 Å². The molecule has 0 saturated carbocycles. The largest absolute Gasteiger partial charge is 0.493 e. The van der Waals surface area contributed by atoms with Gasteiger partial charge in [-0.2, -0.15) is 0 Å². The SMILES string of the molecule is CC(CC(C)(C)C)C(C)(C)C(=O)OCCCCCCOc1cccc2c1C=C(c1ccccc1)CC2. The summed E-state index contributed by atoms with van der Waals surface area (Å²) >= 11 is 0. The summed E-state index contributed by atoms with van der Waals surface area (Å²) in [5.74, 6) is 1.20. The fourth-order valence-electron chi connectivity index (χ4n) is 4.96. The Hall–Kier alpha value is -2.55. The second-order valence-electron chi connectivity index (χ2n) is 12.2. The molecule has 1 atom stereocenters. The highest BCUT2D eigenvalue weighted by Crippen LogP contribution is 2.37. The third-order valence-electron chi connectivity index (χ3n) is 7.49. The van der Waals surface area contributed by atoms with Crippen molar-refractivity contribution in [2.24, 2.45) is 16.7 Å². The summed E-state index contributed by atoms with van der Waals surface area (Å²) in [4.78, 5) is 12.7. The zero-order valence-electron chi connectivity index (χ0n) is 23.4. The number of carbonyl (C=O) groups is 1. The van der Waals surface area contributed by atoms with Gasteiger partial charge in [0.25, 0.3) is 0 Å². The average Bonchev–Trinajstić information content (AvgIpc) is 2.84. The van der Waals surface area contributed by atoms with Gasteiger partial charge in [0.05, 0.1) is 18.6 Å². The zero-order chi connectivity index (χ0) is 26.2. The quantitative estimate of drug-likeness (QED) is 0.220. The standard InChI is InChI=1S/C33H46O3/c1-25(24-32(2,3)4)33(5,6)31(34)36-22-13-8-7-12-21-35-30-18-14-17-27-19-20-28(23-29(27)30)26-15-10-9-11-16-26/h9-11,14-18,23,25H,7-8,12-13,19-22,24H2,1-6H3. The highest BCUT2D eigenvalue weighted by Gasteiger charge is 2.37.